The van der Waals surface area contributed by atoms with E-state index in [1.807, 2.05) is 0 Å². The summed E-state index contributed by atoms with van der Waals surface area (Å²) in [6, 6.07) is 6.43. The van der Waals surface area contributed by atoms with Gasteiger partial charge in [-0.05, 0) is 81.8 Å². The lowest BCUT2D eigenvalue weighted by Crippen LogP contribution is -2.62. The maximum atomic E-state index is 13.0. The molecule has 5 rings (SSSR count). The van der Waals surface area contributed by atoms with Gasteiger partial charge in [-0.3, -0.25) is 4.79 Å². The predicted octanol–water partition coefficient (Wildman–Crippen LogP) is 3.34. The Morgan fingerprint density at radius 2 is 1.59 bits per heavy atom. The third-order valence-electron chi connectivity index (χ3n) is 6.61. The SMILES string of the molecule is CC(C)(NS(=O)(=O)c1ccccc1Cl)C(=O)NC1C2CC3CC(C2)CC1C3. The van der Waals surface area contributed by atoms with Crippen molar-refractivity contribution in [1.29, 1.82) is 0 Å². The molecule has 148 valence electrons. The number of halogens is 1. The summed E-state index contributed by atoms with van der Waals surface area (Å²) in [6.07, 6.45) is 6.15. The fourth-order valence-corrected chi connectivity index (χ4v) is 7.49. The summed E-state index contributed by atoms with van der Waals surface area (Å²) in [5.41, 5.74) is -1.26. The normalized spacial score (nSPS) is 32.5. The van der Waals surface area contributed by atoms with E-state index in [4.69, 9.17) is 11.6 Å². The molecule has 0 atom stereocenters. The second kappa shape index (κ2) is 6.75. The number of benzene rings is 1. The smallest absolute Gasteiger partial charge is 0.243 e. The molecule has 4 bridgehead atoms. The van der Waals surface area contributed by atoms with Crippen LogP contribution in [0.1, 0.15) is 46.0 Å². The van der Waals surface area contributed by atoms with Crippen molar-refractivity contribution in [3.8, 4) is 0 Å². The van der Waals surface area contributed by atoms with Crippen LogP contribution in [0.2, 0.25) is 5.02 Å². The summed E-state index contributed by atoms with van der Waals surface area (Å²) >= 11 is 6.04. The van der Waals surface area contributed by atoms with Crippen molar-refractivity contribution < 1.29 is 13.2 Å². The first-order valence-electron chi connectivity index (χ1n) is 9.75. The number of hydrogen-bond donors (Lipinski definition) is 2. The zero-order valence-electron chi connectivity index (χ0n) is 15.7. The van der Waals surface area contributed by atoms with Crippen LogP contribution in [-0.4, -0.2) is 25.9 Å². The highest BCUT2D eigenvalue weighted by Gasteiger charge is 2.49. The molecule has 0 spiro atoms. The third kappa shape index (κ3) is 3.64. The van der Waals surface area contributed by atoms with E-state index in [9.17, 15) is 13.2 Å². The van der Waals surface area contributed by atoms with E-state index in [1.165, 1.54) is 44.2 Å². The van der Waals surface area contributed by atoms with Crippen LogP contribution in [0.15, 0.2) is 29.2 Å². The van der Waals surface area contributed by atoms with Gasteiger partial charge in [0.15, 0.2) is 0 Å². The number of carbonyl (C=O) groups is 1. The molecule has 4 fully saturated rings. The van der Waals surface area contributed by atoms with Crippen molar-refractivity contribution in [2.24, 2.45) is 23.7 Å². The van der Waals surface area contributed by atoms with Gasteiger partial charge in [0.25, 0.3) is 0 Å². The zero-order chi connectivity index (χ0) is 19.4. The van der Waals surface area contributed by atoms with E-state index < -0.39 is 15.6 Å². The van der Waals surface area contributed by atoms with Crippen LogP contribution in [-0.2, 0) is 14.8 Å². The van der Waals surface area contributed by atoms with Gasteiger partial charge in [-0.2, -0.15) is 4.72 Å². The first-order chi connectivity index (χ1) is 12.7. The minimum atomic E-state index is -3.90. The lowest BCUT2D eigenvalue weighted by molar-refractivity contribution is -0.129. The Bertz CT molecular complexity index is 825. The first-order valence-corrected chi connectivity index (χ1v) is 11.6. The van der Waals surface area contributed by atoms with Gasteiger partial charge in [-0.15, -0.1) is 0 Å². The Morgan fingerprint density at radius 3 is 2.15 bits per heavy atom. The quantitative estimate of drug-likeness (QED) is 0.781. The first kappa shape index (κ1) is 19.2. The fraction of sp³-hybridized carbons (Fsp3) is 0.650. The highest BCUT2D eigenvalue weighted by molar-refractivity contribution is 7.89. The molecule has 7 heteroatoms. The Labute approximate surface area is 166 Å². The monoisotopic (exact) mass is 410 g/mol. The van der Waals surface area contributed by atoms with Crippen LogP contribution in [0, 0.1) is 23.7 Å². The summed E-state index contributed by atoms with van der Waals surface area (Å²) in [6.45, 7) is 3.21. The van der Waals surface area contributed by atoms with Gasteiger partial charge in [0.2, 0.25) is 15.9 Å². The van der Waals surface area contributed by atoms with Crippen LogP contribution in [0.25, 0.3) is 0 Å². The summed E-state index contributed by atoms with van der Waals surface area (Å²) in [4.78, 5) is 13.0. The van der Waals surface area contributed by atoms with E-state index in [-0.39, 0.29) is 21.9 Å². The van der Waals surface area contributed by atoms with E-state index in [0.717, 1.165) is 11.8 Å². The molecule has 1 aromatic rings. The molecular formula is C20H27ClN2O3S. The summed E-state index contributed by atoms with van der Waals surface area (Å²) in [5.74, 6) is 2.47. The lowest BCUT2D eigenvalue weighted by Gasteiger charge is -2.54. The topological polar surface area (TPSA) is 75.3 Å². The predicted molar refractivity (Wildman–Crippen MR) is 105 cm³/mol. The average molecular weight is 411 g/mol. The summed E-state index contributed by atoms with van der Waals surface area (Å²) < 4.78 is 28.0. The van der Waals surface area contributed by atoms with Crippen molar-refractivity contribution in [2.45, 2.75) is 62.4 Å². The fourth-order valence-electron chi connectivity index (χ4n) is 5.59. The van der Waals surface area contributed by atoms with Gasteiger partial charge in [-0.25, -0.2) is 8.42 Å². The molecule has 4 saturated carbocycles. The molecule has 4 aliphatic carbocycles. The van der Waals surface area contributed by atoms with Gasteiger partial charge >= 0.3 is 0 Å². The maximum Gasteiger partial charge on any atom is 0.243 e. The molecule has 27 heavy (non-hydrogen) atoms. The van der Waals surface area contributed by atoms with E-state index in [1.54, 1.807) is 26.0 Å². The molecule has 2 N–H and O–H groups in total. The number of rotatable bonds is 5. The summed E-state index contributed by atoms with van der Waals surface area (Å²) in [7, 11) is -3.90. The van der Waals surface area contributed by atoms with Gasteiger partial charge in [-0.1, -0.05) is 23.7 Å². The zero-order valence-corrected chi connectivity index (χ0v) is 17.3. The van der Waals surface area contributed by atoms with Crippen LogP contribution < -0.4 is 10.0 Å². The standard InChI is InChI=1S/C20H27ClN2O3S/c1-20(2,23-27(25,26)17-6-4-3-5-16(17)21)19(24)22-18-14-8-12-7-13(10-14)11-15(18)9-12/h3-6,12-15,18,23H,7-11H2,1-2H3,(H,22,24). The molecule has 0 aliphatic heterocycles. The number of hydrogen-bond acceptors (Lipinski definition) is 3. The molecule has 0 saturated heterocycles. The van der Waals surface area contributed by atoms with Crippen molar-refractivity contribution >= 4 is 27.5 Å². The Kier molecular flexibility index (Phi) is 4.80. The Hall–Kier alpha value is -1.11. The molecule has 1 aromatic carbocycles. The van der Waals surface area contributed by atoms with Gasteiger partial charge < -0.3 is 5.32 Å². The molecular weight excluding hydrogens is 384 g/mol. The molecule has 5 nitrogen and oxygen atoms in total. The maximum absolute atomic E-state index is 13.0. The number of amides is 1. The lowest BCUT2D eigenvalue weighted by atomic mass is 9.54. The number of sulfonamides is 1. The van der Waals surface area contributed by atoms with Gasteiger partial charge in [0.05, 0.1) is 5.02 Å². The number of carbonyl (C=O) groups excluding carboxylic acids is 1. The Balaban J connectivity index is 1.47. The molecule has 0 unspecified atom stereocenters. The Morgan fingerprint density at radius 1 is 1.04 bits per heavy atom. The minimum Gasteiger partial charge on any atom is -0.351 e. The van der Waals surface area contributed by atoms with Crippen molar-refractivity contribution in [2.75, 3.05) is 0 Å². The highest BCUT2D eigenvalue weighted by Crippen LogP contribution is 2.53. The van der Waals surface area contributed by atoms with Gasteiger partial charge in [0.1, 0.15) is 10.4 Å². The molecule has 0 heterocycles. The average Bonchev–Trinajstić information content (AvgIpc) is 2.56. The third-order valence-corrected chi connectivity index (χ3v) is 8.76. The van der Waals surface area contributed by atoms with Crippen LogP contribution >= 0.6 is 11.6 Å². The van der Waals surface area contributed by atoms with Crippen LogP contribution in [0.4, 0.5) is 0 Å². The van der Waals surface area contributed by atoms with Crippen molar-refractivity contribution in [1.82, 2.24) is 10.0 Å². The molecule has 4 aliphatic rings. The molecule has 0 radical (unpaired) electrons. The minimum absolute atomic E-state index is 0.0119. The van der Waals surface area contributed by atoms with Crippen molar-refractivity contribution in [3.05, 3.63) is 29.3 Å². The second-order valence-electron chi connectivity index (χ2n) is 9.09. The van der Waals surface area contributed by atoms with Crippen LogP contribution in [0.3, 0.4) is 0 Å². The highest BCUT2D eigenvalue weighted by atomic mass is 35.5. The van der Waals surface area contributed by atoms with E-state index >= 15 is 0 Å². The second-order valence-corrected chi connectivity index (χ2v) is 11.1. The van der Waals surface area contributed by atoms with Gasteiger partial charge in [0, 0.05) is 6.04 Å². The largest absolute Gasteiger partial charge is 0.351 e. The van der Waals surface area contributed by atoms with E-state index in [0.29, 0.717) is 11.8 Å². The van der Waals surface area contributed by atoms with Crippen LogP contribution in [0.5, 0.6) is 0 Å². The number of nitrogens with one attached hydrogen (secondary N) is 2. The van der Waals surface area contributed by atoms with E-state index in [2.05, 4.69) is 10.0 Å². The summed E-state index contributed by atoms with van der Waals surface area (Å²) in [5, 5.41) is 3.33. The molecule has 0 aromatic heterocycles. The van der Waals surface area contributed by atoms with Crippen molar-refractivity contribution in [3.63, 3.8) is 0 Å². The molecule has 1 amide bonds.